The number of carbonyl (C=O) groups excluding carboxylic acids is 1. The van der Waals surface area contributed by atoms with Crippen LogP contribution in [0.5, 0.6) is 0 Å². The molecule has 2 nitrogen and oxygen atoms in total. The van der Waals surface area contributed by atoms with Crippen molar-refractivity contribution in [3.8, 4) is 0 Å². The second-order valence-corrected chi connectivity index (χ2v) is 4.40. The van der Waals surface area contributed by atoms with E-state index in [1.807, 2.05) is 13.8 Å². The molecule has 1 aliphatic rings. The van der Waals surface area contributed by atoms with Crippen LogP contribution in [0.25, 0.3) is 0 Å². The Morgan fingerprint density at radius 2 is 1.85 bits per heavy atom. The van der Waals surface area contributed by atoms with E-state index in [9.17, 15) is 13.6 Å². The van der Waals surface area contributed by atoms with Crippen LogP contribution in [0.3, 0.4) is 0 Å². The minimum atomic E-state index is -2.64. The normalized spacial score (nSPS) is 23.8. The summed E-state index contributed by atoms with van der Waals surface area (Å²) in [5, 5.41) is 2.65. The van der Waals surface area contributed by atoms with E-state index < -0.39 is 11.3 Å². The zero-order valence-corrected chi connectivity index (χ0v) is 8.16. The lowest BCUT2D eigenvalue weighted by Gasteiger charge is -2.43. The van der Waals surface area contributed by atoms with Crippen molar-refractivity contribution in [1.29, 1.82) is 0 Å². The summed E-state index contributed by atoms with van der Waals surface area (Å²) >= 11 is 0. The summed E-state index contributed by atoms with van der Waals surface area (Å²) in [6.07, 6.45) is -0.642. The Bertz CT molecular complexity index is 218. The molecule has 0 aromatic rings. The molecule has 1 aliphatic carbocycles. The number of nitrogens with one attached hydrogen (secondary N) is 1. The van der Waals surface area contributed by atoms with Gasteiger partial charge in [-0.2, -0.15) is 0 Å². The second kappa shape index (κ2) is 2.93. The highest BCUT2D eigenvalue weighted by Crippen LogP contribution is 2.51. The average molecular weight is 191 g/mol. The highest BCUT2D eigenvalue weighted by Gasteiger charge is 2.57. The third-order valence-corrected chi connectivity index (χ3v) is 2.27. The Kier molecular flexibility index (Phi) is 2.34. The van der Waals surface area contributed by atoms with Gasteiger partial charge in [0, 0.05) is 18.9 Å². The van der Waals surface area contributed by atoms with Gasteiger partial charge in [-0.25, -0.2) is 8.78 Å². The fourth-order valence-corrected chi connectivity index (χ4v) is 1.69. The molecule has 0 saturated heterocycles. The summed E-state index contributed by atoms with van der Waals surface area (Å²) in [6.45, 7) is 5.22. The molecule has 0 atom stereocenters. The molecule has 1 amide bonds. The van der Waals surface area contributed by atoms with Gasteiger partial charge >= 0.3 is 0 Å². The maximum absolute atomic E-state index is 12.6. The molecule has 0 unspecified atom stereocenters. The molecular formula is C9H15F2NO. The number of alkyl halides is 2. The summed E-state index contributed by atoms with van der Waals surface area (Å²) in [7, 11) is 0. The molecule has 1 N–H and O–H groups in total. The average Bonchev–Trinajstić information content (AvgIpc) is 1.80. The van der Waals surface area contributed by atoms with Gasteiger partial charge in [0.15, 0.2) is 0 Å². The minimum absolute atomic E-state index is 0.0125. The van der Waals surface area contributed by atoms with Crippen LogP contribution in [-0.2, 0) is 4.79 Å². The summed E-state index contributed by atoms with van der Waals surface area (Å²) in [4.78, 5) is 11.4. The van der Waals surface area contributed by atoms with Gasteiger partial charge in [-0.05, 0) is 13.8 Å². The molecule has 4 heteroatoms. The van der Waals surface area contributed by atoms with Crippen LogP contribution in [-0.4, -0.2) is 17.9 Å². The van der Waals surface area contributed by atoms with Gasteiger partial charge in [0.25, 0.3) is 0 Å². The molecule has 1 rings (SSSR count). The van der Waals surface area contributed by atoms with E-state index >= 15 is 0 Å². The molecule has 0 spiro atoms. The molecule has 13 heavy (non-hydrogen) atoms. The van der Waals surface area contributed by atoms with Crippen molar-refractivity contribution in [3.63, 3.8) is 0 Å². The van der Waals surface area contributed by atoms with E-state index in [1.54, 1.807) is 6.92 Å². The lowest BCUT2D eigenvalue weighted by atomic mass is 9.67. The predicted octanol–water partition coefficient (Wildman–Crippen LogP) is 1.95. The van der Waals surface area contributed by atoms with E-state index in [-0.39, 0.29) is 24.8 Å². The largest absolute Gasteiger partial charge is 0.353 e. The number of carbonyl (C=O) groups is 1. The van der Waals surface area contributed by atoms with E-state index in [4.69, 9.17) is 0 Å². The van der Waals surface area contributed by atoms with Crippen molar-refractivity contribution in [1.82, 2.24) is 5.32 Å². The smallest absolute Gasteiger partial charge is 0.250 e. The van der Waals surface area contributed by atoms with Crippen molar-refractivity contribution in [3.05, 3.63) is 0 Å². The van der Waals surface area contributed by atoms with Crippen LogP contribution < -0.4 is 5.32 Å². The molecule has 0 aromatic heterocycles. The topological polar surface area (TPSA) is 29.1 Å². The van der Waals surface area contributed by atoms with E-state index in [0.29, 0.717) is 0 Å². The van der Waals surface area contributed by atoms with Gasteiger partial charge in [-0.15, -0.1) is 0 Å². The Morgan fingerprint density at radius 1 is 1.38 bits per heavy atom. The number of amides is 1. The molecule has 76 valence electrons. The number of halogens is 2. The fourth-order valence-electron chi connectivity index (χ4n) is 1.69. The van der Waals surface area contributed by atoms with Gasteiger partial charge < -0.3 is 5.32 Å². The Hall–Kier alpha value is -0.670. The summed E-state index contributed by atoms with van der Waals surface area (Å²) < 4.78 is 25.1. The summed E-state index contributed by atoms with van der Waals surface area (Å²) in [6, 6.07) is 0.0125. The zero-order chi connectivity index (χ0) is 10.3. The maximum atomic E-state index is 12.6. The van der Waals surface area contributed by atoms with Gasteiger partial charge in [0.05, 0.1) is 5.41 Å². The highest BCUT2D eigenvalue weighted by molar-refractivity contribution is 5.83. The van der Waals surface area contributed by atoms with Crippen molar-refractivity contribution in [2.24, 2.45) is 5.41 Å². The monoisotopic (exact) mass is 191 g/mol. The van der Waals surface area contributed by atoms with Crippen molar-refractivity contribution >= 4 is 5.91 Å². The first kappa shape index (κ1) is 10.4. The molecule has 0 aromatic carbocycles. The van der Waals surface area contributed by atoms with Crippen LogP contribution in [0.15, 0.2) is 0 Å². The van der Waals surface area contributed by atoms with Crippen LogP contribution in [0, 0.1) is 5.41 Å². The standard InChI is InChI=1S/C9H15F2NO/c1-6(2)12-7(13)8(3)4-9(10,11)5-8/h6H,4-5H2,1-3H3,(H,12,13). The predicted molar refractivity (Wildman–Crippen MR) is 45.6 cm³/mol. The zero-order valence-electron chi connectivity index (χ0n) is 8.16. The summed E-state index contributed by atoms with van der Waals surface area (Å²) in [5.41, 5.74) is -0.853. The molecule has 0 bridgehead atoms. The first-order valence-corrected chi connectivity index (χ1v) is 4.44. The van der Waals surface area contributed by atoms with Gasteiger partial charge in [0.2, 0.25) is 11.8 Å². The molecule has 0 aliphatic heterocycles. The molecule has 0 radical (unpaired) electrons. The highest BCUT2D eigenvalue weighted by atomic mass is 19.3. The number of rotatable bonds is 2. The Balaban J connectivity index is 2.50. The third-order valence-electron chi connectivity index (χ3n) is 2.27. The van der Waals surface area contributed by atoms with Gasteiger partial charge in [0.1, 0.15) is 0 Å². The van der Waals surface area contributed by atoms with Crippen LogP contribution in [0.4, 0.5) is 8.78 Å². The van der Waals surface area contributed by atoms with Crippen LogP contribution >= 0.6 is 0 Å². The number of hydrogen-bond donors (Lipinski definition) is 1. The van der Waals surface area contributed by atoms with Crippen molar-refractivity contribution in [2.75, 3.05) is 0 Å². The first-order valence-electron chi connectivity index (χ1n) is 4.44. The van der Waals surface area contributed by atoms with Crippen molar-refractivity contribution < 1.29 is 13.6 Å². The van der Waals surface area contributed by atoms with Gasteiger partial charge in [-0.3, -0.25) is 4.79 Å². The Labute approximate surface area is 76.7 Å². The SMILES string of the molecule is CC(C)NC(=O)C1(C)CC(F)(F)C1. The van der Waals surface area contributed by atoms with E-state index in [0.717, 1.165) is 0 Å². The quantitative estimate of drug-likeness (QED) is 0.710. The van der Waals surface area contributed by atoms with E-state index in [2.05, 4.69) is 5.32 Å². The fraction of sp³-hybridized carbons (Fsp3) is 0.889. The third kappa shape index (κ3) is 2.17. The van der Waals surface area contributed by atoms with Crippen LogP contribution in [0.2, 0.25) is 0 Å². The second-order valence-electron chi connectivity index (χ2n) is 4.40. The molecule has 0 heterocycles. The summed E-state index contributed by atoms with van der Waals surface area (Å²) in [5.74, 6) is -2.89. The lowest BCUT2D eigenvalue weighted by molar-refractivity contribution is -0.174. The van der Waals surface area contributed by atoms with E-state index in [1.165, 1.54) is 0 Å². The number of hydrogen-bond acceptors (Lipinski definition) is 1. The molecular weight excluding hydrogens is 176 g/mol. The van der Waals surface area contributed by atoms with Gasteiger partial charge in [-0.1, -0.05) is 6.92 Å². The van der Waals surface area contributed by atoms with Crippen LogP contribution in [0.1, 0.15) is 33.6 Å². The molecule has 1 saturated carbocycles. The lowest BCUT2D eigenvalue weighted by Crippen LogP contribution is -2.54. The maximum Gasteiger partial charge on any atom is 0.250 e. The Morgan fingerprint density at radius 3 is 2.15 bits per heavy atom. The minimum Gasteiger partial charge on any atom is -0.353 e. The first-order chi connectivity index (χ1) is 5.75. The van der Waals surface area contributed by atoms with Crippen molar-refractivity contribution in [2.45, 2.75) is 45.6 Å². The molecule has 1 fully saturated rings.